The van der Waals surface area contributed by atoms with Crippen molar-refractivity contribution in [3.05, 3.63) is 20.2 Å². The molecule has 0 radical (unpaired) electrons. The first kappa shape index (κ1) is 11.7. The van der Waals surface area contributed by atoms with Crippen LogP contribution < -0.4 is 0 Å². The van der Waals surface area contributed by atoms with Gasteiger partial charge >= 0.3 is 5.92 Å². The molecule has 7 nitrogen and oxygen atoms in total. The molecule has 76 valence electrons. The topological polar surface area (TPSA) is 95.5 Å². The smallest absolute Gasteiger partial charge is 0.361 e. The van der Waals surface area contributed by atoms with Gasteiger partial charge in [-0.2, -0.15) is 0 Å². The second kappa shape index (κ2) is 4.08. The Labute approximate surface area is 72.8 Å². The minimum atomic E-state index is -3.75. The van der Waals surface area contributed by atoms with Gasteiger partial charge in [0.2, 0.25) is 6.61 Å². The third kappa shape index (κ3) is 2.90. The predicted molar refractivity (Wildman–Crippen MR) is 38.9 cm³/mol. The molecule has 0 saturated heterocycles. The lowest BCUT2D eigenvalue weighted by molar-refractivity contribution is -0.833. The molecule has 0 heterocycles. The SMILES string of the molecule is CC(C)OCC(F)([N+](=O)[O-])[N+](=O)[O-]. The number of rotatable bonds is 5. The molecule has 0 atom stereocenters. The highest BCUT2D eigenvalue weighted by Crippen LogP contribution is 2.14. The third-order valence-corrected chi connectivity index (χ3v) is 1.16. The molecule has 0 aromatic carbocycles. The first-order valence-corrected chi connectivity index (χ1v) is 3.40. The summed E-state index contributed by atoms with van der Waals surface area (Å²) in [7, 11) is 0. The molecule has 0 amide bonds. The minimum absolute atomic E-state index is 0.505. The van der Waals surface area contributed by atoms with Gasteiger partial charge in [-0.1, -0.05) is 4.39 Å². The van der Waals surface area contributed by atoms with Crippen LogP contribution in [0.25, 0.3) is 0 Å². The molecular formula is C5H9FN2O5. The molecule has 0 unspecified atom stereocenters. The van der Waals surface area contributed by atoms with E-state index in [0.29, 0.717) is 0 Å². The zero-order valence-electron chi connectivity index (χ0n) is 7.10. The normalized spacial score (nSPS) is 11.7. The van der Waals surface area contributed by atoms with E-state index >= 15 is 0 Å². The molecular weight excluding hydrogens is 187 g/mol. The Morgan fingerprint density at radius 1 is 1.38 bits per heavy atom. The summed E-state index contributed by atoms with van der Waals surface area (Å²) in [5.41, 5.74) is 0. The van der Waals surface area contributed by atoms with Gasteiger partial charge in [-0.3, -0.25) is 20.2 Å². The quantitative estimate of drug-likeness (QED) is 0.277. The maximum atomic E-state index is 12.9. The maximum Gasteiger partial charge on any atom is 0.637 e. The summed E-state index contributed by atoms with van der Waals surface area (Å²) < 4.78 is 17.3. The van der Waals surface area contributed by atoms with E-state index in [-0.39, 0.29) is 0 Å². The monoisotopic (exact) mass is 196 g/mol. The first-order valence-electron chi connectivity index (χ1n) is 3.40. The van der Waals surface area contributed by atoms with Crippen molar-refractivity contribution in [2.24, 2.45) is 0 Å². The Morgan fingerprint density at radius 2 is 1.77 bits per heavy atom. The number of hydrogen-bond donors (Lipinski definition) is 0. The number of hydrogen-bond acceptors (Lipinski definition) is 5. The number of halogens is 1. The highest BCUT2D eigenvalue weighted by molar-refractivity contribution is 4.51. The fourth-order valence-electron chi connectivity index (χ4n) is 0.445. The Hall–Kier alpha value is -1.31. The Bertz CT molecular complexity index is 205. The van der Waals surface area contributed by atoms with Crippen LogP contribution in [0, 0.1) is 20.2 Å². The van der Waals surface area contributed by atoms with Crippen LogP contribution in [-0.4, -0.2) is 28.5 Å². The van der Waals surface area contributed by atoms with Gasteiger partial charge in [0.25, 0.3) is 0 Å². The average Bonchev–Trinajstić information content (AvgIpc) is 1.99. The van der Waals surface area contributed by atoms with E-state index in [2.05, 4.69) is 4.74 Å². The van der Waals surface area contributed by atoms with Crippen molar-refractivity contribution in [2.75, 3.05) is 6.61 Å². The van der Waals surface area contributed by atoms with Crippen molar-refractivity contribution in [1.29, 1.82) is 0 Å². The second-order valence-electron chi connectivity index (χ2n) is 2.59. The fraction of sp³-hybridized carbons (Fsp3) is 1.00. The summed E-state index contributed by atoms with van der Waals surface area (Å²) in [6.07, 6.45) is -0.505. The zero-order valence-corrected chi connectivity index (χ0v) is 7.10. The molecule has 8 heteroatoms. The lowest BCUT2D eigenvalue weighted by atomic mass is 10.4. The molecule has 0 aliphatic carbocycles. The van der Waals surface area contributed by atoms with E-state index in [4.69, 9.17) is 0 Å². The van der Waals surface area contributed by atoms with Crippen LogP contribution >= 0.6 is 0 Å². The van der Waals surface area contributed by atoms with Gasteiger partial charge in [-0.05, 0) is 13.8 Å². The van der Waals surface area contributed by atoms with Crippen LogP contribution in [0.4, 0.5) is 4.39 Å². The van der Waals surface area contributed by atoms with Crippen LogP contribution in [0.1, 0.15) is 13.8 Å². The van der Waals surface area contributed by atoms with Crippen molar-refractivity contribution < 1.29 is 19.0 Å². The van der Waals surface area contributed by atoms with E-state index < -0.39 is 28.5 Å². The zero-order chi connectivity index (χ0) is 10.6. The summed E-state index contributed by atoms with van der Waals surface area (Å²) in [5.74, 6) is -3.75. The van der Waals surface area contributed by atoms with Gasteiger partial charge in [-0.15, -0.1) is 0 Å². The molecule has 0 aliphatic heterocycles. The van der Waals surface area contributed by atoms with Crippen molar-refractivity contribution in [2.45, 2.75) is 25.9 Å². The molecule has 0 N–H and O–H groups in total. The Balaban J connectivity index is 4.44. The molecule has 0 saturated carbocycles. The Kier molecular flexibility index (Phi) is 3.67. The molecule has 0 rings (SSSR count). The number of nitrogens with zero attached hydrogens (tertiary/aromatic N) is 2. The van der Waals surface area contributed by atoms with Gasteiger partial charge in [0.1, 0.15) is 9.85 Å². The molecule has 0 aliphatic rings. The van der Waals surface area contributed by atoms with Crippen molar-refractivity contribution in [3.63, 3.8) is 0 Å². The van der Waals surface area contributed by atoms with Crippen LogP contribution in [-0.2, 0) is 4.74 Å². The molecule has 0 spiro atoms. The van der Waals surface area contributed by atoms with Crippen molar-refractivity contribution >= 4 is 0 Å². The highest BCUT2D eigenvalue weighted by atomic mass is 19.2. The van der Waals surface area contributed by atoms with Crippen LogP contribution in [0.5, 0.6) is 0 Å². The number of ether oxygens (including phenoxy) is 1. The van der Waals surface area contributed by atoms with Crippen LogP contribution in [0.3, 0.4) is 0 Å². The van der Waals surface area contributed by atoms with E-state index in [1.54, 1.807) is 0 Å². The lowest BCUT2D eigenvalue weighted by Gasteiger charge is -2.10. The molecule has 0 bridgehead atoms. The predicted octanol–water partition coefficient (Wildman–Crippen LogP) is 0.588. The summed E-state index contributed by atoms with van der Waals surface area (Å²) >= 11 is 0. The summed E-state index contributed by atoms with van der Waals surface area (Å²) in [6, 6.07) is 0. The van der Waals surface area contributed by atoms with Gasteiger partial charge in [0.05, 0.1) is 6.10 Å². The molecule has 13 heavy (non-hydrogen) atoms. The number of nitro groups is 2. The standard InChI is InChI=1S/C5H9FN2O5/c1-4(2)13-3-5(6,7(9)10)8(11)12/h4H,3H2,1-2H3. The summed E-state index contributed by atoms with van der Waals surface area (Å²) in [4.78, 5) is 16.7. The fourth-order valence-corrected chi connectivity index (χ4v) is 0.445. The van der Waals surface area contributed by atoms with Gasteiger partial charge in [0.15, 0.2) is 0 Å². The average molecular weight is 196 g/mol. The molecule has 0 aromatic rings. The maximum absolute atomic E-state index is 12.9. The minimum Gasteiger partial charge on any atom is -0.361 e. The summed E-state index contributed by atoms with van der Waals surface area (Å²) in [5, 5.41) is 20.0. The van der Waals surface area contributed by atoms with Gasteiger partial charge in [0, 0.05) is 0 Å². The molecule has 0 fully saturated rings. The number of alkyl halides is 1. The lowest BCUT2D eigenvalue weighted by Crippen LogP contribution is -2.46. The Morgan fingerprint density at radius 3 is 2.00 bits per heavy atom. The summed E-state index contributed by atoms with van der Waals surface area (Å²) in [6.45, 7) is 1.78. The highest BCUT2D eigenvalue weighted by Gasteiger charge is 2.58. The van der Waals surface area contributed by atoms with Crippen molar-refractivity contribution in [3.8, 4) is 0 Å². The van der Waals surface area contributed by atoms with Crippen LogP contribution in [0.15, 0.2) is 0 Å². The van der Waals surface area contributed by atoms with E-state index in [1.165, 1.54) is 13.8 Å². The van der Waals surface area contributed by atoms with Gasteiger partial charge in [-0.25, -0.2) is 0 Å². The van der Waals surface area contributed by atoms with E-state index in [1.807, 2.05) is 0 Å². The molecule has 0 aromatic heterocycles. The van der Waals surface area contributed by atoms with Gasteiger partial charge < -0.3 is 4.74 Å². The van der Waals surface area contributed by atoms with Crippen molar-refractivity contribution in [1.82, 2.24) is 0 Å². The largest absolute Gasteiger partial charge is 0.637 e. The first-order chi connectivity index (χ1) is 5.80. The van der Waals surface area contributed by atoms with E-state index in [0.717, 1.165) is 0 Å². The third-order valence-electron chi connectivity index (χ3n) is 1.16. The van der Waals surface area contributed by atoms with E-state index in [9.17, 15) is 24.6 Å². The second-order valence-corrected chi connectivity index (χ2v) is 2.59. The van der Waals surface area contributed by atoms with Crippen LogP contribution in [0.2, 0.25) is 0 Å².